The van der Waals surface area contributed by atoms with Crippen molar-refractivity contribution in [2.45, 2.75) is 12.6 Å². The van der Waals surface area contributed by atoms with Gasteiger partial charge in [0.25, 0.3) is 5.91 Å². The normalized spacial score (nSPS) is 17.8. The molecule has 0 saturated carbocycles. The second-order valence-corrected chi connectivity index (χ2v) is 8.40. The van der Waals surface area contributed by atoms with Crippen molar-refractivity contribution in [3.63, 3.8) is 0 Å². The van der Waals surface area contributed by atoms with Gasteiger partial charge in [0.1, 0.15) is 5.82 Å². The van der Waals surface area contributed by atoms with Gasteiger partial charge < -0.3 is 14.5 Å². The van der Waals surface area contributed by atoms with Gasteiger partial charge in [0, 0.05) is 49.7 Å². The van der Waals surface area contributed by atoms with E-state index in [0.29, 0.717) is 25.3 Å². The lowest BCUT2D eigenvalue weighted by Crippen LogP contribution is -2.49. The number of amides is 1. The molecule has 1 aliphatic rings. The first-order chi connectivity index (χ1) is 13.5. The van der Waals surface area contributed by atoms with Crippen LogP contribution in [0.15, 0.2) is 41.8 Å². The van der Waals surface area contributed by atoms with Crippen molar-refractivity contribution >= 4 is 17.2 Å². The highest BCUT2D eigenvalue weighted by molar-refractivity contribution is 7.09. The third-order valence-corrected chi connectivity index (χ3v) is 5.66. The van der Waals surface area contributed by atoms with Crippen LogP contribution in [-0.4, -0.2) is 80.1 Å². The number of nitrogens with zero attached hydrogens (tertiary/aromatic N) is 3. The zero-order valence-corrected chi connectivity index (χ0v) is 17.3. The number of hydrogen-bond donors (Lipinski definition) is 0. The maximum atomic E-state index is 13.2. The third-order valence-electron chi connectivity index (χ3n) is 4.80. The third kappa shape index (κ3) is 6.10. The Balaban J connectivity index is 1.64. The summed E-state index contributed by atoms with van der Waals surface area (Å²) in [5.74, 6) is -0.419. The maximum Gasteiger partial charge on any atom is 0.253 e. The van der Waals surface area contributed by atoms with Gasteiger partial charge >= 0.3 is 0 Å². The number of hydrogen-bond acceptors (Lipinski definition) is 5. The van der Waals surface area contributed by atoms with E-state index in [0.717, 1.165) is 26.2 Å². The molecule has 1 saturated heterocycles. The molecule has 0 aliphatic carbocycles. The van der Waals surface area contributed by atoms with E-state index in [2.05, 4.69) is 27.3 Å². The van der Waals surface area contributed by atoms with Gasteiger partial charge in [0.2, 0.25) is 0 Å². The molecule has 7 heteroatoms. The molecule has 1 fully saturated rings. The Kier molecular flexibility index (Phi) is 7.56. The van der Waals surface area contributed by atoms with Crippen LogP contribution in [0.3, 0.4) is 0 Å². The Morgan fingerprint density at radius 1 is 1.25 bits per heavy atom. The highest BCUT2D eigenvalue weighted by Crippen LogP contribution is 2.16. The summed E-state index contributed by atoms with van der Waals surface area (Å²) >= 11 is 1.76. The molecule has 3 rings (SSSR count). The molecule has 2 aromatic rings. The van der Waals surface area contributed by atoms with Crippen LogP contribution in [0.2, 0.25) is 0 Å². The molecule has 152 valence electrons. The van der Waals surface area contributed by atoms with E-state index in [9.17, 15) is 9.18 Å². The van der Waals surface area contributed by atoms with Crippen LogP contribution in [0.1, 0.15) is 15.2 Å². The zero-order valence-electron chi connectivity index (χ0n) is 16.5. The summed E-state index contributed by atoms with van der Waals surface area (Å²) in [7, 11) is 3.97. The van der Waals surface area contributed by atoms with Gasteiger partial charge in [-0.2, -0.15) is 0 Å². The van der Waals surface area contributed by atoms with E-state index < -0.39 is 0 Å². The summed E-state index contributed by atoms with van der Waals surface area (Å²) in [5, 5.41) is 2.09. The number of carbonyl (C=O) groups excluding carboxylic acids is 1. The first-order valence-corrected chi connectivity index (χ1v) is 10.4. The number of ether oxygens (including phenoxy) is 1. The Hall–Kier alpha value is -1.80. The van der Waals surface area contributed by atoms with Crippen LogP contribution in [0.5, 0.6) is 0 Å². The smallest absolute Gasteiger partial charge is 0.253 e. The number of morpholine rings is 1. The lowest BCUT2D eigenvalue weighted by molar-refractivity contribution is -0.0430. The Morgan fingerprint density at radius 2 is 2.04 bits per heavy atom. The Morgan fingerprint density at radius 3 is 2.71 bits per heavy atom. The highest BCUT2D eigenvalue weighted by Gasteiger charge is 2.26. The van der Waals surface area contributed by atoms with Crippen molar-refractivity contribution in [1.29, 1.82) is 0 Å². The molecule has 1 amide bonds. The molecule has 5 nitrogen and oxygen atoms in total. The predicted molar refractivity (Wildman–Crippen MR) is 110 cm³/mol. The standard InChI is InChI=1S/C21H28FN3O2S/c1-23(2)9-10-25(21(26)17-5-7-18(22)8-6-17)15-19-14-24(11-12-27-19)16-20-4-3-13-28-20/h3-8,13,19H,9-12,14-16H2,1-2H3/t19-/m1/s1. The number of likely N-dealkylation sites (N-methyl/N-ethyl adjacent to an activating group) is 1. The van der Waals surface area contributed by atoms with Crippen molar-refractivity contribution < 1.29 is 13.9 Å². The van der Waals surface area contributed by atoms with Crippen LogP contribution in [0.4, 0.5) is 4.39 Å². The quantitative estimate of drug-likeness (QED) is 0.677. The van der Waals surface area contributed by atoms with Gasteiger partial charge in [0.15, 0.2) is 0 Å². The lowest BCUT2D eigenvalue weighted by Gasteiger charge is -2.36. The lowest BCUT2D eigenvalue weighted by atomic mass is 10.1. The summed E-state index contributed by atoms with van der Waals surface area (Å²) < 4.78 is 19.2. The molecule has 1 aliphatic heterocycles. The Labute approximate surface area is 170 Å². The highest BCUT2D eigenvalue weighted by atomic mass is 32.1. The van der Waals surface area contributed by atoms with Gasteiger partial charge in [0.05, 0.1) is 12.7 Å². The summed E-state index contributed by atoms with van der Waals surface area (Å²) in [6.45, 7) is 5.19. The van der Waals surface area contributed by atoms with E-state index in [-0.39, 0.29) is 17.8 Å². The van der Waals surface area contributed by atoms with E-state index >= 15 is 0 Å². The van der Waals surface area contributed by atoms with Crippen molar-refractivity contribution in [3.05, 3.63) is 58.0 Å². The van der Waals surface area contributed by atoms with Crippen LogP contribution in [0, 0.1) is 5.82 Å². The van der Waals surface area contributed by atoms with Gasteiger partial charge in [-0.1, -0.05) is 6.07 Å². The van der Waals surface area contributed by atoms with Crippen molar-refractivity contribution in [2.24, 2.45) is 0 Å². The topological polar surface area (TPSA) is 36.0 Å². The zero-order chi connectivity index (χ0) is 19.9. The van der Waals surface area contributed by atoms with Gasteiger partial charge in [-0.25, -0.2) is 4.39 Å². The molecule has 0 radical (unpaired) electrons. The molecular formula is C21H28FN3O2S. The van der Waals surface area contributed by atoms with Crippen molar-refractivity contribution in [1.82, 2.24) is 14.7 Å². The summed E-state index contributed by atoms with van der Waals surface area (Å²) in [5.41, 5.74) is 0.506. The van der Waals surface area contributed by atoms with Gasteiger partial charge in [-0.15, -0.1) is 11.3 Å². The first-order valence-electron chi connectivity index (χ1n) is 9.57. The molecule has 0 unspecified atom stereocenters. The number of halogens is 1. The summed E-state index contributed by atoms with van der Waals surface area (Å²) in [6.07, 6.45) is -0.0275. The molecule has 1 aromatic carbocycles. The fraction of sp³-hybridized carbons (Fsp3) is 0.476. The Bertz CT molecular complexity index is 737. The summed E-state index contributed by atoms with van der Waals surface area (Å²) in [6, 6.07) is 9.98. The number of benzene rings is 1. The first kappa shape index (κ1) is 20.9. The second kappa shape index (κ2) is 10.1. The largest absolute Gasteiger partial charge is 0.374 e. The molecule has 0 N–H and O–H groups in total. The van der Waals surface area contributed by atoms with Gasteiger partial charge in [-0.05, 0) is 49.8 Å². The van der Waals surface area contributed by atoms with Gasteiger partial charge in [-0.3, -0.25) is 9.69 Å². The summed E-state index contributed by atoms with van der Waals surface area (Å²) in [4.78, 5) is 20.6. The molecule has 0 spiro atoms. The molecule has 1 aromatic heterocycles. The van der Waals surface area contributed by atoms with Crippen LogP contribution >= 0.6 is 11.3 Å². The minimum atomic E-state index is -0.337. The monoisotopic (exact) mass is 405 g/mol. The average Bonchev–Trinajstić information content (AvgIpc) is 3.18. The van der Waals surface area contributed by atoms with Crippen molar-refractivity contribution in [2.75, 3.05) is 53.4 Å². The van der Waals surface area contributed by atoms with Crippen LogP contribution in [-0.2, 0) is 11.3 Å². The van der Waals surface area contributed by atoms with Crippen molar-refractivity contribution in [3.8, 4) is 0 Å². The van der Waals surface area contributed by atoms with E-state index in [4.69, 9.17) is 4.74 Å². The predicted octanol–water partition coefficient (Wildman–Crippen LogP) is 2.79. The molecule has 0 bridgehead atoms. The number of rotatable bonds is 8. The van der Waals surface area contributed by atoms with Crippen LogP contribution in [0.25, 0.3) is 0 Å². The number of carbonyl (C=O) groups is 1. The molecule has 28 heavy (non-hydrogen) atoms. The fourth-order valence-electron chi connectivity index (χ4n) is 3.27. The fourth-order valence-corrected chi connectivity index (χ4v) is 4.02. The second-order valence-electron chi connectivity index (χ2n) is 7.37. The molecular weight excluding hydrogens is 377 g/mol. The van der Waals surface area contributed by atoms with E-state index in [1.54, 1.807) is 23.5 Å². The average molecular weight is 406 g/mol. The SMILES string of the molecule is CN(C)CCN(C[C@H]1CN(Cc2cccs2)CCO1)C(=O)c1ccc(F)cc1. The molecule has 2 heterocycles. The van der Waals surface area contributed by atoms with E-state index in [1.807, 2.05) is 19.0 Å². The minimum Gasteiger partial charge on any atom is -0.374 e. The minimum absolute atomic E-state index is 0.0275. The van der Waals surface area contributed by atoms with E-state index in [1.165, 1.54) is 17.0 Å². The van der Waals surface area contributed by atoms with Crippen LogP contribution < -0.4 is 0 Å². The maximum absolute atomic E-state index is 13.2. The molecule has 1 atom stereocenters. The number of thiophene rings is 1.